The molecule has 0 aliphatic carbocycles. The van der Waals surface area contributed by atoms with Crippen LogP contribution in [0.2, 0.25) is 0 Å². The van der Waals surface area contributed by atoms with E-state index in [4.69, 9.17) is 5.11 Å². The maximum Gasteiger partial charge on any atom is 0.137 e. The van der Waals surface area contributed by atoms with Gasteiger partial charge in [0.2, 0.25) is 0 Å². The van der Waals surface area contributed by atoms with Gasteiger partial charge in [0.1, 0.15) is 5.82 Å². The third kappa shape index (κ3) is 3.09. The van der Waals surface area contributed by atoms with Gasteiger partial charge in [-0.3, -0.25) is 0 Å². The van der Waals surface area contributed by atoms with Gasteiger partial charge in [0.05, 0.1) is 6.61 Å². The number of aliphatic hydroxyl groups excluding tert-OH is 1. The second-order valence-electron chi connectivity index (χ2n) is 3.46. The standard InChI is InChI=1S/C13H10BrFOS/c14-10-7-9(8-16)5-6-12(10)17-13-4-2-1-3-11(13)15/h1-7,16H,8H2. The van der Waals surface area contributed by atoms with Crippen LogP contribution in [-0.4, -0.2) is 5.11 Å². The van der Waals surface area contributed by atoms with Gasteiger partial charge < -0.3 is 5.11 Å². The van der Waals surface area contributed by atoms with Crippen LogP contribution < -0.4 is 0 Å². The van der Waals surface area contributed by atoms with E-state index in [-0.39, 0.29) is 12.4 Å². The molecule has 0 radical (unpaired) electrons. The summed E-state index contributed by atoms with van der Waals surface area (Å²) in [5.41, 5.74) is 0.828. The predicted molar refractivity (Wildman–Crippen MR) is 70.6 cm³/mol. The Balaban J connectivity index is 2.28. The SMILES string of the molecule is OCc1ccc(Sc2ccccc2F)c(Br)c1. The van der Waals surface area contributed by atoms with Crippen LogP contribution in [0.1, 0.15) is 5.56 Å². The molecule has 0 saturated heterocycles. The molecule has 1 N–H and O–H groups in total. The topological polar surface area (TPSA) is 20.2 Å². The van der Waals surface area contributed by atoms with Crippen molar-refractivity contribution in [3.63, 3.8) is 0 Å². The van der Waals surface area contributed by atoms with E-state index >= 15 is 0 Å². The van der Waals surface area contributed by atoms with Gasteiger partial charge in [-0.05, 0) is 45.8 Å². The first kappa shape index (κ1) is 12.6. The Morgan fingerprint density at radius 1 is 1.12 bits per heavy atom. The molecule has 0 spiro atoms. The van der Waals surface area contributed by atoms with Crippen molar-refractivity contribution >= 4 is 27.7 Å². The summed E-state index contributed by atoms with van der Waals surface area (Å²) in [6.45, 7) is 0.00322. The minimum atomic E-state index is -0.226. The van der Waals surface area contributed by atoms with Crippen LogP contribution in [0.5, 0.6) is 0 Å². The molecule has 2 aromatic rings. The van der Waals surface area contributed by atoms with Crippen molar-refractivity contribution in [1.82, 2.24) is 0 Å². The number of hydrogen-bond acceptors (Lipinski definition) is 2. The predicted octanol–water partition coefficient (Wildman–Crippen LogP) is 4.23. The highest BCUT2D eigenvalue weighted by molar-refractivity contribution is 9.10. The van der Waals surface area contributed by atoms with E-state index in [0.29, 0.717) is 4.90 Å². The van der Waals surface area contributed by atoms with Crippen molar-refractivity contribution in [1.29, 1.82) is 0 Å². The lowest BCUT2D eigenvalue weighted by Crippen LogP contribution is -1.85. The van der Waals surface area contributed by atoms with Crippen LogP contribution in [0.3, 0.4) is 0 Å². The second-order valence-corrected chi connectivity index (χ2v) is 5.39. The third-order valence-electron chi connectivity index (χ3n) is 2.24. The molecule has 0 saturated carbocycles. The fourth-order valence-corrected chi connectivity index (χ4v) is 2.88. The summed E-state index contributed by atoms with van der Waals surface area (Å²) in [7, 11) is 0. The second kappa shape index (κ2) is 5.67. The van der Waals surface area contributed by atoms with Crippen LogP contribution in [0.25, 0.3) is 0 Å². The van der Waals surface area contributed by atoms with E-state index in [1.807, 2.05) is 18.2 Å². The summed E-state index contributed by atoms with van der Waals surface area (Å²) in [5.74, 6) is -0.226. The lowest BCUT2D eigenvalue weighted by molar-refractivity contribution is 0.281. The van der Waals surface area contributed by atoms with Crippen LogP contribution in [0.4, 0.5) is 4.39 Å². The zero-order valence-corrected chi connectivity index (χ0v) is 11.3. The molecule has 0 fully saturated rings. The Kier molecular flexibility index (Phi) is 4.20. The first-order valence-corrected chi connectivity index (χ1v) is 6.63. The molecule has 0 atom stereocenters. The smallest absolute Gasteiger partial charge is 0.137 e. The molecule has 4 heteroatoms. The Morgan fingerprint density at radius 3 is 2.53 bits per heavy atom. The van der Waals surface area contributed by atoms with Crippen molar-refractivity contribution in [2.45, 2.75) is 16.4 Å². The lowest BCUT2D eigenvalue weighted by atomic mass is 10.2. The molecule has 0 amide bonds. The first-order valence-electron chi connectivity index (χ1n) is 5.02. The quantitative estimate of drug-likeness (QED) is 0.915. The number of aliphatic hydroxyl groups is 1. The highest BCUT2D eigenvalue weighted by Crippen LogP contribution is 2.35. The fraction of sp³-hybridized carbons (Fsp3) is 0.0769. The van der Waals surface area contributed by atoms with Crippen LogP contribution >= 0.6 is 27.7 Å². The van der Waals surface area contributed by atoms with E-state index in [1.165, 1.54) is 17.8 Å². The summed E-state index contributed by atoms with van der Waals surface area (Å²) in [4.78, 5) is 1.51. The minimum Gasteiger partial charge on any atom is -0.392 e. The average molecular weight is 313 g/mol. The van der Waals surface area contributed by atoms with E-state index in [9.17, 15) is 4.39 Å². The Bertz CT molecular complexity index is 531. The van der Waals surface area contributed by atoms with Crippen molar-refractivity contribution in [2.24, 2.45) is 0 Å². The Morgan fingerprint density at radius 2 is 1.88 bits per heavy atom. The van der Waals surface area contributed by atoms with E-state index in [1.54, 1.807) is 18.2 Å². The molecule has 0 aliphatic rings. The van der Waals surface area contributed by atoms with E-state index < -0.39 is 0 Å². The Labute approximate surface area is 112 Å². The summed E-state index contributed by atoms with van der Waals surface area (Å²) in [6.07, 6.45) is 0. The van der Waals surface area contributed by atoms with Gasteiger partial charge in [0.25, 0.3) is 0 Å². The zero-order valence-electron chi connectivity index (χ0n) is 8.86. The van der Waals surface area contributed by atoms with Crippen LogP contribution in [0, 0.1) is 5.82 Å². The fourth-order valence-electron chi connectivity index (χ4n) is 1.37. The van der Waals surface area contributed by atoms with Crippen molar-refractivity contribution in [3.05, 3.63) is 58.3 Å². The zero-order chi connectivity index (χ0) is 12.3. The molecule has 88 valence electrons. The number of halogens is 2. The molecule has 2 rings (SSSR count). The van der Waals surface area contributed by atoms with Gasteiger partial charge >= 0.3 is 0 Å². The summed E-state index contributed by atoms with van der Waals surface area (Å²) < 4.78 is 14.3. The summed E-state index contributed by atoms with van der Waals surface area (Å²) in [6, 6.07) is 12.2. The molecule has 1 nitrogen and oxygen atoms in total. The van der Waals surface area contributed by atoms with Gasteiger partial charge in [0, 0.05) is 14.3 Å². The molecule has 17 heavy (non-hydrogen) atoms. The minimum absolute atomic E-state index is 0.00322. The number of hydrogen-bond donors (Lipinski definition) is 1. The molecule has 2 aromatic carbocycles. The van der Waals surface area contributed by atoms with Crippen molar-refractivity contribution in [3.8, 4) is 0 Å². The molecule has 0 unspecified atom stereocenters. The molecule has 0 aromatic heterocycles. The van der Waals surface area contributed by atoms with Crippen molar-refractivity contribution < 1.29 is 9.50 Å². The summed E-state index contributed by atoms with van der Waals surface area (Å²) in [5, 5.41) is 9.00. The largest absolute Gasteiger partial charge is 0.392 e. The van der Waals surface area contributed by atoms with Gasteiger partial charge in [-0.15, -0.1) is 0 Å². The maximum atomic E-state index is 13.5. The van der Waals surface area contributed by atoms with E-state index in [0.717, 1.165) is 14.9 Å². The van der Waals surface area contributed by atoms with E-state index in [2.05, 4.69) is 15.9 Å². The van der Waals surface area contributed by atoms with Gasteiger partial charge in [-0.25, -0.2) is 4.39 Å². The van der Waals surface area contributed by atoms with Gasteiger partial charge in [-0.2, -0.15) is 0 Å². The maximum absolute atomic E-state index is 13.5. The average Bonchev–Trinajstić information content (AvgIpc) is 2.34. The molecular formula is C13H10BrFOS. The summed E-state index contributed by atoms with van der Waals surface area (Å²) >= 11 is 4.77. The first-order chi connectivity index (χ1) is 8.20. The van der Waals surface area contributed by atoms with Crippen molar-refractivity contribution in [2.75, 3.05) is 0 Å². The van der Waals surface area contributed by atoms with Gasteiger partial charge in [-0.1, -0.05) is 30.0 Å². The highest BCUT2D eigenvalue weighted by Gasteiger charge is 2.06. The lowest BCUT2D eigenvalue weighted by Gasteiger charge is -2.06. The normalized spacial score (nSPS) is 10.5. The number of benzene rings is 2. The van der Waals surface area contributed by atoms with Crippen LogP contribution in [0.15, 0.2) is 56.7 Å². The molecule has 0 aliphatic heterocycles. The Hall–Kier alpha value is -0.840. The molecule has 0 heterocycles. The number of rotatable bonds is 3. The molecule has 0 bridgehead atoms. The van der Waals surface area contributed by atoms with Gasteiger partial charge in [0.15, 0.2) is 0 Å². The highest BCUT2D eigenvalue weighted by atomic mass is 79.9. The van der Waals surface area contributed by atoms with Crippen LogP contribution in [-0.2, 0) is 6.61 Å². The monoisotopic (exact) mass is 312 g/mol. The molecular weight excluding hydrogens is 303 g/mol. The third-order valence-corrected chi connectivity index (χ3v) is 4.28.